The summed E-state index contributed by atoms with van der Waals surface area (Å²) in [6.07, 6.45) is 2.92. The van der Waals surface area contributed by atoms with E-state index >= 15 is 0 Å². The maximum Gasteiger partial charge on any atom is 0.274 e. The molecule has 1 aromatic heterocycles. The average molecular weight is 399 g/mol. The number of halogens is 2. The zero-order chi connectivity index (χ0) is 16.8. The van der Waals surface area contributed by atoms with Gasteiger partial charge in [0.2, 0.25) is 0 Å². The van der Waals surface area contributed by atoms with Crippen LogP contribution in [0, 0.1) is 0 Å². The van der Waals surface area contributed by atoms with E-state index in [1.165, 1.54) is 18.5 Å². The first kappa shape index (κ1) is 17.2. The normalized spacial score (nSPS) is 10.7. The predicted octanol–water partition coefficient (Wildman–Crippen LogP) is 3.37. The molecule has 0 radical (unpaired) electrons. The van der Waals surface area contributed by atoms with Crippen molar-refractivity contribution in [3.8, 4) is 11.5 Å². The number of aromatic hydroxyl groups is 1. The largest absolute Gasteiger partial charge is 0.504 e. The minimum absolute atomic E-state index is 0.0158. The first-order valence-electron chi connectivity index (χ1n) is 6.62. The third-order valence-electron chi connectivity index (χ3n) is 2.75. The van der Waals surface area contributed by atoms with E-state index < -0.39 is 5.91 Å². The Morgan fingerprint density at radius 2 is 2.35 bits per heavy atom. The fourth-order valence-corrected chi connectivity index (χ4v) is 2.34. The summed E-state index contributed by atoms with van der Waals surface area (Å²) in [4.78, 5) is 15.8. The van der Waals surface area contributed by atoms with Gasteiger partial charge in [-0.1, -0.05) is 11.6 Å². The predicted molar refractivity (Wildman–Crippen MR) is 91.3 cm³/mol. The van der Waals surface area contributed by atoms with E-state index in [4.69, 9.17) is 16.3 Å². The standard InChI is InChI=1S/C15H13BrClN3O3/c1-2-23-13-6-9(11(16)7-12(13)21)8-19-20-15(22)10-4-3-5-18-14(10)17/h3-8,21H,2H2,1H3,(H,20,22)/b19-8+. The van der Waals surface area contributed by atoms with Crippen LogP contribution in [0.25, 0.3) is 0 Å². The SMILES string of the molecule is CCOc1cc(/C=N/NC(=O)c2cccnc2Cl)c(Br)cc1O. The van der Waals surface area contributed by atoms with Crippen LogP contribution in [-0.4, -0.2) is 28.8 Å². The third-order valence-corrected chi connectivity index (χ3v) is 3.74. The highest BCUT2D eigenvalue weighted by Gasteiger charge is 2.10. The van der Waals surface area contributed by atoms with Gasteiger partial charge < -0.3 is 9.84 Å². The summed E-state index contributed by atoms with van der Waals surface area (Å²) < 4.78 is 5.91. The van der Waals surface area contributed by atoms with Crippen LogP contribution in [0.3, 0.4) is 0 Å². The van der Waals surface area contributed by atoms with Gasteiger partial charge in [-0.05, 0) is 47.1 Å². The number of hydrogen-bond acceptors (Lipinski definition) is 5. The quantitative estimate of drug-likeness (QED) is 0.459. The Morgan fingerprint density at radius 1 is 1.57 bits per heavy atom. The number of benzene rings is 1. The number of nitrogens with zero attached hydrogens (tertiary/aromatic N) is 2. The van der Waals surface area contributed by atoms with E-state index in [9.17, 15) is 9.90 Å². The number of phenols is 1. The molecule has 2 aromatic rings. The molecule has 0 saturated carbocycles. The first-order valence-corrected chi connectivity index (χ1v) is 7.79. The summed E-state index contributed by atoms with van der Waals surface area (Å²) in [5, 5.41) is 13.7. The van der Waals surface area contributed by atoms with Crippen molar-refractivity contribution in [2.24, 2.45) is 5.10 Å². The number of carbonyl (C=O) groups is 1. The number of phenolic OH excluding ortho intramolecular Hbond substituents is 1. The molecule has 2 rings (SSSR count). The highest BCUT2D eigenvalue weighted by molar-refractivity contribution is 9.10. The summed E-state index contributed by atoms with van der Waals surface area (Å²) in [5.74, 6) is -0.125. The van der Waals surface area contributed by atoms with Crippen molar-refractivity contribution in [1.29, 1.82) is 0 Å². The number of aromatic nitrogens is 1. The Labute approximate surface area is 146 Å². The smallest absolute Gasteiger partial charge is 0.274 e. The molecule has 0 aliphatic rings. The lowest BCUT2D eigenvalue weighted by Gasteiger charge is -2.08. The molecule has 120 valence electrons. The summed E-state index contributed by atoms with van der Waals surface area (Å²) in [7, 11) is 0. The molecule has 0 spiro atoms. The van der Waals surface area contributed by atoms with Gasteiger partial charge in [-0.2, -0.15) is 5.10 Å². The van der Waals surface area contributed by atoms with Crippen LogP contribution in [-0.2, 0) is 0 Å². The number of carbonyl (C=O) groups excluding carboxylic acids is 1. The molecular weight excluding hydrogens is 386 g/mol. The van der Waals surface area contributed by atoms with Crippen molar-refractivity contribution in [2.75, 3.05) is 6.61 Å². The Hall–Kier alpha value is -2.12. The molecule has 0 aliphatic heterocycles. The van der Waals surface area contributed by atoms with Crippen molar-refractivity contribution in [2.45, 2.75) is 6.92 Å². The molecule has 1 heterocycles. The van der Waals surface area contributed by atoms with Gasteiger partial charge in [-0.15, -0.1) is 0 Å². The van der Waals surface area contributed by atoms with E-state index in [2.05, 4.69) is 31.4 Å². The second kappa shape index (κ2) is 7.94. The average Bonchev–Trinajstić information content (AvgIpc) is 2.52. The molecule has 1 amide bonds. The molecule has 0 saturated heterocycles. The van der Waals surface area contributed by atoms with Crippen molar-refractivity contribution in [3.05, 3.63) is 51.2 Å². The lowest BCUT2D eigenvalue weighted by atomic mass is 10.2. The van der Waals surface area contributed by atoms with Gasteiger partial charge >= 0.3 is 0 Å². The van der Waals surface area contributed by atoms with Gasteiger partial charge in [0.05, 0.1) is 18.4 Å². The monoisotopic (exact) mass is 397 g/mol. The Bertz CT molecular complexity index is 753. The summed E-state index contributed by atoms with van der Waals surface area (Å²) in [6, 6.07) is 6.25. The van der Waals surface area contributed by atoms with E-state index in [0.29, 0.717) is 22.4 Å². The van der Waals surface area contributed by atoms with Crippen molar-refractivity contribution < 1.29 is 14.6 Å². The molecule has 23 heavy (non-hydrogen) atoms. The van der Waals surface area contributed by atoms with Crippen LogP contribution in [0.4, 0.5) is 0 Å². The van der Waals surface area contributed by atoms with E-state index in [-0.39, 0.29) is 16.5 Å². The molecule has 0 bridgehead atoms. The number of rotatable bonds is 5. The van der Waals surface area contributed by atoms with Gasteiger partial charge in [0.25, 0.3) is 5.91 Å². The van der Waals surface area contributed by atoms with Crippen LogP contribution in [0.1, 0.15) is 22.8 Å². The molecule has 0 fully saturated rings. The number of nitrogens with one attached hydrogen (secondary N) is 1. The molecule has 0 aliphatic carbocycles. The molecule has 8 heteroatoms. The fourth-order valence-electron chi connectivity index (χ4n) is 1.70. The fraction of sp³-hybridized carbons (Fsp3) is 0.133. The summed E-state index contributed by atoms with van der Waals surface area (Å²) >= 11 is 9.14. The second-order valence-electron chi connectivity index (χ2n) is 4.32. The minimum atomic E-state index is -0.473. The topological polar surface area (TPSA) is 83.8 Å². The maximum atomic E-state index is 11.9. The number of amides is 1. The Kier molecular flexibility index (Phi) is 5.95. The number of hydrogen-bond donors (Lipinski definition) is 2. The van der Waals surface area contributed by atoms with E-state index in [1.807, 2.05) is 6.92 Å². The third kappa shape index (κ3) is 4.43. The van der Waals surface area contributed by atoms with Gasteiger partial charge in [0.1, 0.15) is 5.15 Å². The first-order chi connectivity index (χ1) is 11.0. The Balaban J connectivity index is 2.13. The number of ether oxygens (including phenoxy) is 1. The van der Waals surface area contributed by atoms with Crippen LogP contribution in [0.2, 0.25) is 5.15 Å². The van der Waals surface area contributed by atoms with E-state index in [1.54, 1.807) is 18.2 Å². The lowest BCUT2D eigenvalue weighted by molar-refractivity contribution is 0.0955. The molecule has 1 aromatic carbocycles. The van der Waals surface area contributed by atoms with E-state index in [0.717, 1.165) is 0 Å². The highest BCUT2D eigenvalue weighted by atomic mass is 79.9. The van der Waals surface area contributed by atoms with Crippen LogP contribution < -0.4 is 10.2 Å². The lowest BCUT2D eigenvalue weighted by Crippen LogP contribution is -2.18. The molecule has 0 atom stereocenters. The van der Waals surface area contributed by atoms with Crippen LogP contribution in [0.15, 0.2) is 40.0 Å². The van der Waals surface area contributed by atoms with Gasteiger partial charge in [0, 0.05) is 16.2 Å². The highest BCUT2D eigenvalue weighted by Crippen LogP contribution is 2.31. The minimum Gasteiger partial charge on any atom is -0.504 e. The molecule has 6 nitrogen and oxygen atoms in total. The molecule has 0 unspecified atom stereocenters. The molecular formula is C15H13BrClN3O3. The van der Waals surface area contributed by atoms with Crippen molar-refractivity contribution in [3.63, 3.8) is 0 Å². The van der Waals surface area contributed by atoms with Crippen molar-refractivity contribution >= 4 is 39.7 Å². The zero-order valence-electron chi connectivity index (χ0n) is 12.1. The molecule has 2 N–H and O–H groups in total. The van der Waals surface area contributed by atoms with Gasteiger partial charge in [0.15, 0.2) is 11.5 Å². The number of hydrazone groups is 1. The van der Waals surface area contributed by atoms with Crippen molar-refractivity contribution in [1.82, 2.24) is 10.4 Å². The van der Waals surface area contributed by atoms with Gasteiger partial charge in [-0.3, -0.25) is 4.79 Å². The van der Waals surface area contributed by atoms with Crippen LogP contribution in [0.5, 0.6) is 11.5 Å². The van der Waals surface area contributed by atoms with Crippen LogP contribution >= 0.6 is 27.5 Å². The summed E-state index contributed by atoms with van der Waals surface area (Å²) in [6.45, 7) is 2.23. The Morgan fingerprint density at radius 3 is 3.04 bits per heavy atom. The number of pyridine rings is 1. The summed E-state index contributed by atoms with van der Waals surface area (Å²) in [5.41, 5.74) is 3.22. The second-order valence-corrected chi connectivity index (χ2v) is 5.53. The van der Waals surface area contributed by atoms with Gasteiger partial charge in [-0.25, -0.2) is 10.4 Å². The zero-order valence-corrected chi connectivity index (χ0v) is 14.4. The maximum absolute atomic E-state index is 11.9.